The molecule has 16 nitrogen and oxygen atoms in total. The Labute approximate surface area is 328 Å². The zero-order valence-corrected chi connectivity index (χ0v) is 33.4. The lowest BCUT2D eigenvalue weighted by Crippen LogP contribution is -2.59. The Morgan fingerprint density at radius 2 is 1.25 bits per heavy atom. The Hall–Kier alpha value is -3.60. The Morgan fingerprint density at radius 1 is 0.712 bits per heavy atom. The molecule has 0 aliphatic carbocycles. The number of phenolic OH excluding ortho intramolecular Hbond substituents is 1. The van der Waals surface area contributed by atoms with Gasteiger partial charge in [-0.1, -0.05) is 44.2 Å². The lowest BCUT2D eigenvalue weighted by atomic mass is 10.0. The summed E-state index contributed by atoms with van der Waals surface area (Å²) >= 11 is 3.89. The predicted octanol–water partition coefficient (Wildman–Crippen LogP) is -0.338. The maximum Gasteiger partial charge on any atom is 0.328 e. The summed E-state index contributed by atoms with van der Waals surface area (Å²) in [6.07, 6.45) is -2.65. The smallest absolute Gasteiger partial charge is 0.328 e. The van der Waals surface area contributed by atoms with Gasteiger partial charge in [0, 0.05) is 6.42 Å². The molecule has 0 fully saturated rings. The van der Waals surface area contributed by atoms with Crippen molar-refractivity contribution in [3.63, 3.8) is 0 Å². The molecule has 0 bridgehead atoms. The Morgan fingerprint density at radius 3 is 1.77 bits per heavy atom. The summed E-state index contributed by atoms with van der Waals surface area (Å²) < 4.78 is 1.13. The number of rotatable bonds is 19. The molecule has 0 aromatic heterocycles. The van der Waals surface area contributed by atoms with E-state index >= 15 is 0 Å². The number of carboxylic acids is 1. The number of benzene rings is 2. The van der Waals surface area contributed by atoms with Crippen LogP contribution in [0.3, 0.4) is 0 Å². The first-order valence-electron chi connectivity index (χ1n) is 16.3. The van der Waals surface area contributed by atoms with Crippen molar-refractivity contribution in [2.24, 2.45) is 11.7 Å². The molecule has 286 valence electrons. The Bertz CT molecular complexity index is 1550. The summed E-state index contributed by atoms with van der Waals surface area (Å²) in [5.74, 6) is -5.55. The van der Waals surface area contributed by atoms with Crippen LogP contribution in [0.4, 0.5) is 0 Å². The van der Waals surface area contributed by atoms with Gasteiger partial charge in [0.1, 0.15) is 23.9 Å². The molecule has 0 aliphatic rings. The van der Waals surface area contributed by atoms with Gasteiger partial charge in [-0.05, 0) is 101 Å². The van der Waals surface area contributed by atoms with Gasteiger partial charge >= 0.3 is 5.97 Å². The fraction of sp³-hybridized carbons (Fsp3) is 0.471. The number of phenols is 1. The van der Waals surface area contributed by atoms with Crippen LogP contribution in [0.15, 0.2) is 42.5 Å². The molecule has 7 atom stereocenters. The lowest BCUT2D eigenvalue weighted by molar-refractivity contribution is -0.145. The van der Waals surface area contributed by atoms with E-state index in [-0.39, 0.29) is 30.9 Å². The van der Waals surface area contributed by atoms with Crippen LogP contribution in [0.2, 0.25) is 0 Å². The van der Waals surface area contributed by atoms with Crippen molar-refractivity contribution in [3.05, 3.63) is 60.7 Å². The monoisotopic (exact) mass is 952 g/mol. The number of carbonyl (C=O) groups is 6. The van der Waals surface area contributed by atoms with Gasteiger partial charge in [0.2, 0.25) is 29.5 Å². The van der Waals surface area contributed by atoms with E-state index in [1.807, 2.05) is 45.2 Å². The van der Waals surface area contributed by atoms with Crippen molar-refractivity contribution in [2.45, 2.75) is 89.4 Å². The topological polar surface area (TPSA) is 270 Å². The highest BCUT2D eigenvalue weighted by Crippen LogP contribution is 2.27. The minimum Gasteiger partial charge on any atom is -0.506 e. The summed E-state index contributed by atoms with van der Waals surface area (Å²) in [4.78, 5) is 77.2. The number of aromatic hydroxyl groups is 1. The zero-order valence-electron chi connectivity index (χ0n) is 29.1. The highest BCUT2D eigenvalue weighted by atomic mass is 127. The molecule has 2 rings (SSSR count). The average Bonchev–Trinajstić information content (AvgIpc) is 3.06. The third-order valence-corrected chi connectivity index (χ3v) is 9.32. The largest absolute Gasteiger partial charge is 0.506 e. The van der Waals surface area contributed by atoms with Crippen LogP contribution in [-0.2, 0) is 41.6 Å². The number of hydrogen-bond donors (Lipinski definition) is 10. The van der Waals surface area contributed by atoms with E-state index in [1.165, 1.54) is 13.8 Å². The summed E-state index contributed by atoms with van der Waals surface area (Å²) in [5, 5.41) is 51.6. The zero-order chi connectivity index (χ0) is 39.3. The second kappa shape index (κ2) is 21.2. The van der Waals surface area contributed by atoms with Crippen molar-refractivity contribution in [2.75, 3.05) is 6.54 Å². The number of carbonyl (C=O) groups excluding carboxylic acids is 5. The number of aliphatic carboxylic acids is 1. The van der Waals surface area contributed by atoms with Crippen molar-refractivity contribution >= 4 is 80.7 Å². The third kappa shape index (κ3) is 14.4. The van der Waals surface area contributed by atoms with E-state index in [9.17, 15) is 49.2 Å². The number of carboxylic acid groups (broad SMARTS) is 1. The van der Waals surface area contributed by atoms with Gasteiger partial charge in [-0.25, -0.2) is 4.79 Å². The Kier molecular flexibility index (Phi) is 18.2. The molecule has 52 heavy (non-hydrogen) atoms. The maximum absolute atomic E-state index is 13.6. The van der Waals surface area contributed by atoms with Crippen LogP contribution in [0, 0.1) is 13.1 Å². The summed E-state index contributed by atoms with van der Waals surface area (Å²) in [6.45, 7) is 5.39. The van der Waals surface area contributed by atoms with Crippen LogP contribution in [-0.4, -0.2) is 105 Å². The van der Waals surface area contributed by atoms with Crippen LogP contribution in [0.5, 0.6) is 5.75 Å². The molecule has 0 aliphatic heterocycles. The molecule has 5 amide bonds. The molecule has 0 saturated carbocycles. The van der Waals surface area contributed by atoms with E-state index in [0.29, 0.717) is 18.3 Å². The highest BCUT2D eigenvalue weighted by Gasteiger charge is 2.33. The van der Waals surface area contributed by atoms with Gasteiger partial charge in [0.25, 0.3) is 0 Å². The van der Waals surface area contributed by atoms with Gasteiger partial charge in [-0.15, -0.1) is 0 Å². The van der Waals surface area contributed by atoms with E-state index in [0.717, 1.165) is 0 Å². The second-order valence-electron chi connectivity index (χ2n) is 12.7. The minimum atomic E-state index is -1.62. The second-order valence-corrected chi connectivity index (χ2v) is 15.1. The molecule has 11 N–H and O–H groups in total. The third-order valence-electron chi connectivity index (χ3n) is 7.68. The summed E-state index contributed by atoms with van der Waals surface area (Å²) in [6, 6.07) is 5.29. The molecular weight excluding hydrogens is 906 g/mol. The molecule has 0 radical (unpaired) electrons. The first-order valence-corrected chi connectivity index (χ1v) is 18.5. The number of aliphatic hydroxyl groups excluding tert-OH is 2. The number of halogens is 2. The lowest BCUT2D eigenvalue weighted by Gasteiger charge is -2.26. The molecule has 0 heterocycles. The molecule has 0 unspecified atom stereocenters. The molecule has 2 aromatic carbocycles. The molecule has 0 spiro atoms. The van der Waals surface area contributed by atoms with Crippen LogP contribution < -0.4 is 32.3 Å². The summed E-state index contributed by atoms with van der Waals surface area (Å²) in [5.41, 5.74) is 7.40. The average molecular weight is 953 g/mol. The fourth-order valence-electron chi connectivity index (χ4n) is 4.95. The van der Waals surface area contributed by atoms with Crippen molar-refractivity contribution in [1.29, 1.82) is 0 Å². The normalized spacial score (nSPS) is 15.2. The van der Waals surface area contributed by atoms with E-state index in [2.05, 4.69) is 26.6 Å². The van der Waals surface area contributed by atoms with Crippen LogP contribution in [0.25, 0.3) is 0 Å². The van der Waals surface area contributed by atoms with Gasteiger partial charge in [-0.3, -0.25) is 24.0 Å². The summed E-state index contributed by atoms with van der Waals surface area (Å²) in [7, 11) is 0. The fourth-order valence-corrected chi connectivity index (χ4v) is 6.84. The SMILES string of the molecule is CC(C)C[C@H](NC(=O)[C@H](Cc1ccccc1)NC(=O)CNC(=O)[C@H](NC(=O)[C@H](N)Cc1cc(I)c(O)c(I)c1)[C@H](C)O)C(=O)N[C@H](C(=O)O)[C@H](C)O. The van der Waals surface area contributed by atoms with Gasteiger partial charge in [0.05, 0.1) is 31.9 Å². The van der Waals surface area contributed by atoms with Crippen molar-refractivity contribution in [1.82, 2.24) is 26.6 Å². The molecule has 0 saturated heterocycles. The number of aliphatic hydroxyl groups is 2. The number of nitrogens with one attached hydrogen (secondary N) is 5. The van der Waals surface area contributed by atoms with Gasteiger partial charge < -0.3 is 52.7 Å². The Balaban J connectivity index is 2.14. The molecular formula is C34H46I2N6O10. The number of amides is 5. The first kappa shape index (κ1) is 44.6. The first-order chi connectivity index (χ1) is 24.3. The quantitative estimate of drug-likeness (QED) is 0.0815. The van der Waals surface area contributed by atoms with Gasteiger partial charge in [-0.2, -0.15) is 0 Å². The van der Waals surface area contributed by atoms with Crippen molar-refractivity contribution < 1.29 is 49.2 Å². The van der Waals surface area contributed by atoms with Gasteiger partial charge in [0.15, 0.2) is 6.04 Å². The van der Waals surface area contributed by atoms with E-state index in [1.54, 1.807) is 56.3 Å². The molecule has 2 aromatic rings. The molecule has 18 heteroatoms. The highest BCUT2D eigenvalue weighted by molar-refractivity contribution is 14.1. The standard InChI is InChI=1S/C34H46I2N6O10/c1-16(2)10-24(32(49)42-28(18(4)44)34(51)52)40-31(48)25(14-19-8-6-5-7-9-19)39-26(45)15-38-33(50)27(17(3)43)41-30(47)23(37)13-20-11-21(35)29(46)22(36)12-20/h5-9,11-12,16-18,23-25,27-28,43-44,46H,10,13-15,37H2,1-4H3,(H,38,50)(H,39,45)(H,40,48)(H,41,47)(H,42,49)(H,51,52)/t17-,18-,23+,24-,25-,27+,28-/m0/s1. The van der Waals surface area contributed by atoms with Crippen LogP contribution in [0.1, 0.15) is 45.2 Å². The van der Waals surface area contributed by atoms with E-state index in [4.69, 9.17) is 5.73 Å². The van der Waals surface area contributed by atoms with Crippen molar-refractivity contribution in [3.8, 4) is 5.75 Å². The maximum atomic E-state index is 13.6. The van der Waals surface area contributed by atoms with E-state index < -0.39 is 84.5 Å². The number of nitrogens with two attached hydrogens (primary N) is 1. The van der Waals surface area contributed by atoms with Crippen LogP contribution >= 0.6 is 45.2 Å². The predicted molar refractivity (Wildman–Crippen MR) is 207 cm³/mol. The minimum absolute atomic E-state index is 0.0167. The number of hydrogen-bond acceptors (Lipinski definition) is 10.